The van der Waals surface area contributed by atoms with Gasteiger partial charge in [0, 0.05) is 33.9 Å². The number of amides is 1. The molecule has 1 aromatic heterocycles. The van der Waals surface area contributed by atoms with Crippen molar-refractivity contribution in [1.29, 1.82) is 0 Å². The maximum atomic E-state index is 13.6. The van der Waals surface area contributed by atoms with Crippen molar-refractivity contribution >= 4 is 27.7 Å². The Hall–Kier alpha value is -3.21. The highest BCUT2D eigenvalue weighted by atomic mass is 19.1. The van der Waals surface area contributed by atoms with E-state index < -0.39 is 11.6 Å². The normalized spacial score (nSPS) is 11.2. The Morgan fingerprint density at radius 3 is 2.62 bits per heavy atom. The summed E-state index contributed by atoms with van der Waals surface area (Å²) in [5.74, 6) is -1.31. The van der Waals surface area contributed by atoms with E-state index in [0.29, 0.717) is 0 Å². The Bertz CT molecular complexity index is 1120. The highest BCUT2D eigenvalue weighted by Crippen LogP contribution is 2.25. The lowest BCUT2D eigenvalue weighted by molar-refractivity contribution is -0.120. The quantitative estimate of drug-likeness (QED) is 0.561. The van der Waals surface area contributed by atoms with E-state index in [1.807, 2.05) is 42.5 Å². The second-order valence-electron chi connectivity index (χ2n) is 6.24. The molecule has 0 aliphatic carbocycles. The Morgan fingerprint density at radius 1 is 0.923 bits per heavy atom. The summed E-state index contributed by atoms with van der Waals surface area (Å²) in [7, 11) is 0. The van der Waals surface area contributed by atoms with Gasteiger partial charge in [-0.2, -0.15) is 0 Å². The maximum absolute atomic E-state index is 13.6. The van der Waals surface area contributed by atoms with Gasteiger partial charge in [0.05, 0.1) is 6.42 Å². The van der Waals surface area contributed by atoms with E-state index in [0.717, 1.165) is 45.6 Å². The van der Waals surface area contributed by atoms with Gasteiger partial charge < -0.3 is 10.3 Å². The van der Waals surface area contributed by atoms with Gasteiger partial charge in [0.15, 0.2) is 0 Å². The van der Waals surface area contributed by atoms with E-state index in [-0.39, 0.29) is 24.4 Å². The SMILES string of the molecule is O=C(Cc1ccc2c(c1)[nH]c1ccccc12)NCc1cc(F)ccc1F. The molecule has 1 heterocycles. The fraction of sp³-hybridized carbons (Fsp3) is 0.0952. The predicted octanol–water partition coefficient (Wildman–Crippen LogP) is 4.46. The van der Waals surface area contributed by atoms with Crippen LogP contribution < -0.4 is 5.32 Å². The molecule has 2 N–H and O–H groups in total. The van der Waals surface area contributed by atoms with E-state index in [4.69, 9.17) is 0 Å². The number of carbonyl (C=O) groups is 1. The number of carbonyl (C=O) groups excluding carboxylic acids is 1. The van der Waals surface area contributed by atoms with Gasteiger partial charge >= 0.3 is 0 Å². The molecule has 5 heteroatoms. The molecule has 0 radical (unpaired) electrons. The average Bonchev–Trinajstić information content (AvgIpc) is 3.00. The lowest BCUT2D eigenvalue weighted by atomic mass is 10.1. The van der Waals surface area contributed by atoms with Gasteiger partial charge in [-0.3, -0.25) is 4.79 Å². The van der Waals surface area contributed by atoms with Crippen LogP contribution >= 0.6 is 0 Å². The Kier molecular flexibility index (Phi) is 4.13. The number of nitrogens with one attached hydrogen (secondary N) is 2. The summed E-state index contributed by atoms with van der Waals surface area (Å²) in [6.45, 7) is -0.0446. The molecule has 0 unspecified atom stereocenters. The van der Waals surface area contributed by atoms with Crippen molar-refractivity contribution in [2.24, 2.45) is 0 Å². The number of aromatic nitrogens is 1. The lowest BCUT2D eigenvalue weighted by Crippen LogP contribution is -2.25. The molecular weight excluding hydrogens is 334 g/mol. The van der Waals surface area contributed by atoms with Gasteiger partial charge in [-0.1, -0.05) is 30.3 Å². The van der Waals surface area contributed by atoms with Crippen LogP contribution in [0.2, 0.25) is 0 Å². The first-order valence-electron chi connectivity index (χ1n) is 8.30. The summed E-state index contributed by atoms with van der Waals surface area (Å²) in [5, 5.41) is 4.88. The Balaban J connectivity index is 1.48. The molecule has 0 spiro atoms. The molecule has 1 amide bonds. The van der Waals surface area contributed by atoms with E-state index in [2.05, 4.69) is 10.3 Å². The summed E-state index contributed by atoms with van der Waals surface area (Å²) in [6.07, 6.45) is 0.169. The minimum absolute atomic E-state index is 0.0446. The van der Waals surface area contributed by atoms with Crippen LogP contribution in [0, 0.1) is 11.6 Å². The first kappa shape index (κ1) is 16.3. The molecule has 3 nitrogen and oxygen atoms in total. The molecule has 0 aliphatic heterocycles. The van der Waals surface area contributed by atoms with Crippen LogP contribution in [0.25, 0.3) is 21.8 Å². The number of benzene rings is 3. The minimum atomic E-state index is -0.536. The number of aromatic amines is 1. The standard InChI is InChI=1S/C21H16F2N2O/c22-15-6-8-18(23)14(11-15)12-24-21(26)10-13-5-7-17-16-3-1-2-4-19(16)25-20(17)9-13/h1-9,11,25H,10,12H2,(H,24,26). The Morgan fingerprint density at radius 2 is 1.73 bits per heavy atom. The van der Waals surface area contributed by atoms with Crippen LogP contribution in [0.4, 0.5) is 8.78 Å². The van der Waals surface area contributed by atoms with Crippen molar-refractivity contribution in [3.05, 3.63) is 83.4 Å². The van der Waals surface area contributed by atoms with Crippen LogP contribution in [0.5, 0.6) is 0 Å². The van der Waals surface area contributed by atoms with Gasteiger partial charge in [-0.05, 0) is 35.9 Å². The number of fused-ring (bicyclic) bond motifs is 3. The van der Waals surface area contributed by atoms with Crippen molar-refractivity contribution in [2.45, 2.75) is 13.0 Å². The van der Waals surface area contributed by atoms with Crippen LogP contribution in [0.1, 0.15) is 11.1 Å². The fourth-order valence-corrected chi connectivity index (χ4v) is 3.13. The largest absolute Gasteiger partial charge is 0.355 e. The minimum Gasteiger partial charge on any atom is -0.355 e. The summed E-state index contributed by atoms with van der Waals surface area (Å²) in [4.78, 5) is 15.5. The molecule has 130 valence electrons. The molecule has 4 rings (SSSR count). The third kappa shape index (κ3) is 3.16. The maximum Gasteiger partial charge on any atom is 0.224 e. The van der Waals surface area contributed by atoms with Gasteiger partial charge in [-0.25, -0.2) is 8.78 Å². The highest BCUT2D eigenvalue weighted by molar-refractivity contribution is 6.07. The second-order valence-corrected chi connectivity index (χ2v) is 6.24. The van der Waals surface area contributed by atoms with Crippen LogP contribution in [0.15, 0.2) is 60.7 Å². The average molecular weight is 350 g/mol. The van der Waals surface area contributed by atoms with Crippen molar-refractivity contribution in [1.82, 2.24) is 10.3 Å². The van der Waals surface area contributed by atoms with Crippen LogP contribution in [0.3, 0.4) is 0 Å². The number of rotatable bonds is 4. The van der Waals surface area contributed by atoms with Crippen molar-refractivity contribution in [2.75, 3.05) is 0 Å². The number of halogens is 2. The van der Waals surface area contributed by atoms with Gasteiger partial charge in [-0.15, -0.1) is 0 Å². The summed E-state index contributed by atoms with van der Waals surface area (Å²) in [5.41, 5.74) is 2.99. The second kappa shape index (κ2) is 6.59. The third-order valence-electron chi connectivity index (χ3n) is 4.42. The van der Waals surface area contributed by atoms with Crippen LogP contribution in [-0.2, 0) is 17.8 Å². The first-order chi connectivity index (χ1) is 12.6. The molecule has 0 atom stereocenters. The third-order valence-corrected chi connectivity index (χ3v) is 4.42. The summed E-state index contributed by atoms with van der Waals surface area (Å²) < 4.78 is 26.8. The molecule has 0 saturated carbocycles. The van der Waals surface area contributed by atoms with E-state index in [9.17, 15) is 13.6 Å². The number of hydrogen-bond acceptors (Lipinski definition) is 1. The van der Waals surface area contributed by atoms with E-state index in [1.54, 1.807) is 0 Å². The number of H-pyrrole nitrogens is 1. The monoisotopic (exact) mass is 350 g/mol. The molecule has 4 aromatic rings. The first-order valence-corrected chi connectivity index (χ1v) is 8.30. The lowest BCUT2D eigenvalue weighted by Gasteiger charge is -2.07. The molecule has 0 fully saturated rings. The van der Waals surface area contributed by atoms with Gasteiger partial charge in [0.25, 0.3) is 0 Å². The zero-order valence-corrected chi connectivity index (χ0v) is 13.9. The molecular formula is C21H16F2N2O. The Labute approximate surface area is 148 Å². The zero-order valence-electron chi connectivity index (χ0n) is 13.9. The molecule has 3 aromatic carbocycles. The van der Waals surface area contributed by atoms with Crippen molar-refractivity contribution < 1.29 is 13.6 Å². The fourth-order valence-electron chi connectivity index (χ4n) is 3.13. The summed E-state index contributed by atoms with van der Waals surface area (Å²) in [6, 6.07) is 17.1. The summed E-state index contributed by atoms with van der Waals surface area (Å²) >= 11 is 0. The molecule has 26 heavy (non-hydrogen) atoms. The number of hydrogen-bond donors (Lipinski definition) is 2. The van der Waals surface area contributed by atoms with Crippen LogP contribution in [-0.4, -0.2) is 10.9 Å². The molecule has 0 bridgehead atoms. The predicted molar refractivity (Wildman–Crippen MR) is 97.7 cm³/mol. The molecule has 0 aliphatic rings. The zero-order chi connectivity index (χ0) is 18.1. The topological polar surface area (TPSA) is 44.9 Å². The van der Waals surface area contributed by atoms with Gasteiger partial charge in [0.2, 0.25) is 5.91 Å². The molecule has 0 saturated heterocycles. The van der Waals surface area contributed by atoms with Crippen molar-refractivity contribution in [3.63, 3.8) is 0 Å². The van der Waals surface area contributed by atoms with E-state index in [1.165, 1.54) is 0 Å². The number of para-hydroxylation sites is 1. The van der Waals surface area contributed by atoms with E-state index >= 15 is 0 Å². The smallest absolute Gasteiger partial charge is 0.224 e. The van der Waals surface area contributed by atoms with Crippen molar-refractivity contribution in [3.8, 4) is 0 Å². The highest BCUT2D eigenvalue weighted by Gasteiger charge is 2.09. The van der Waals surface area contributed by atoms with Gasteiger partial charge in [0.1, 0.15) is 11.6 Å².